The van der Waals surface area contributed by atoms with Gasteiger partial charge in [-0.2, -0.15) is 0 Å². The van der Waals surface area contributed by atoms with Gasteiger partial charge in [-0.3, -0.25) is 0 Å². The van der Waals surface area contributed by atoms with Crippen molar-refractivity contribution in [2.75, 3.05) is 33.6 Å². The molecule has 0 unspecified atom stereocenters. The Morgan fingerprint density at radius 3 is 1.83 bits per heavy atom. The fourth-order valence-electron chi connectivity index (χ4n) is 1.03. The number of nitrogens with zero attached hydrogens (tertiary/aromatic N) is 1. The first-order valence-electron chi connectivity index (χ1n) is 4.43. The van der Waals surface area contributed by atoms with Crippen molar-refractivity contribution in [2.45, 2.75) is 25.7 Å². The Bertz CT molecular complexity index is 91.0. The van der Waals surface area contributed by atoms with Crippen molar-refractivity contribution in [3.8, 4) is 0 Å². The monoisotopic (exact) mass is 257 g/mol. The summed E-state index contributed by atoms with van der Waals surface area (Å²) in [6, 6.07) is 0. The average Bonchev–Trinajstić information content (AvgIpc) is 1.85. The Morgan fingerprint density at radius 2 is 1.42 bits per heavy atom. The molecule has 0 saturated heterocycles. The zero-order valence-electron chi connectivity index (χ0n) is 8.45. The van der Waals surface area contributed by atoms with Gasteiger partial charge in [-0.1, -0.05) is 6.42 Å². The number of quaternary nitrogens is 1. The van der Waals surface area contributed by atoms with Crippen LogP contribution in [-0.2, 0) is 0 Å². The molecule has 0 aromatic carbocycles. The molecule has 0 aliphatic heterocycles. The van der Waals surface area contributed by atoms with E-state index in [-0.39, 0.29) is 17.0 Å². The highest BCUT2D eigenvalue weighted by Gasteiger charge is 2.04. The minimum absolute atomic E-state index is 0. The maximum absolute atomic E-state index is 5.57. The molecule has 0 rings (SSSR count). The molecule has 0 aromatic heterocycles. The first-order chi connectivity index (χ1) is 5.06. The lowest BCUT2D eigenvalue weighted by atomic mass is 10.2. The van der Waals surface area contributed by atoms with Gasteiger partial charge in [0.2, 0.25) is 0 Å². The summed E-state index contributed by atoms with van der Waals surface area (Å²) < 4.78 is 1.08. The van der Waals surface area contributed by atoms with E-state index in [0.29, 0.717) is 0 Å². The van der Waals surface area contributed by atoms with Crippen LogP contribution in [0.4, 0.5) is 0 Å². The molecule has 0 amide bonds. The van der Waals surface area contributed by atoms with E-state index in [1.54, 1.807) is 0 Å². The fraction of sp³-hybridized carbons (Fsp3) is 1.00. The number of alkyl halides is 1. The van der Waals surface area contributed by atoms with Crippen molar-refractivity contribution in [1.82, 2.24) is 0 Å². The Hall–Kier alpha value is 0.730. The van der Waals surface area contributed by atoms with Crippen LogP contribution in [0.5, 0.6) is 0 Å². The normalized spacial score (nSPS) is 11.0. The van der Waals surface area contributed by atoms with Gasteiger partial charge in [0.1, 0.15) is 0 Å². The molecule has 0 bridgehead atoms. The molecular weight excluding hydrogens is 237 g/mol. The van der Waals surface area contributed by atoms with Crippen molar-refractivity contribution < 1.29 is 21.5 Å². The van der Waals surface area contributed by atoms with Gasteiger partial charge >= 0.3 is 0 Å². The molecule has 0 radical (unpaired) electrons. The number of hydrogen-bond donors (Lipinski definition) is 0. The maximum atomic E-state index is 5.57. The molecule has 0 aliphatic carbocycles. The zero-order valence-corrected chi connectivity index (χ0v) is 10.8. The van der Waals surface area contributed by atoms with Crippen LogP contribution < -0.4 is 17.0 Å². The van der Waals surface area contributed by atoms with Gasteiger partial charge in [0.25, 0.3) is 0 Å². The topological polar surface area (TPSA) is 0 Å². The third kappa shape index (κ3) is 13.3. The highest BCUT2D eigenvalue weighted by Crippen LogP contribution is 2.03. The smallest absolute Gasteiger partial charge is 0.0780 e. The molecule has 0 spiro atoms. The minimum Gasteiger partial charge on any atom is -1.00 e. The summed E-state index contributed by atoms with van der Waals surface area (Å²) in [5.74, 6) is 0.824. The van der Waals surface area contributed by atoms with Crippen LogP contribution in [0.3, 0.4) is 0 Å². The first kappa shape index (κ1) is 15.2. The van der Waals surface area contributed by atoms with Crippen molar-refractivity contribution >= 4 is 11.6 Å². The van der Waals surface area contributed by atoms with Gasteiger partial charge < -0.3 is 21.5 Å². The van der Waals surface area contributed by atoms with E-state index in [2.05, 4.69) is 21.1 Å². The lowest BCUT2D eigenvalue weighted by molar-refractivity contribution is -0.870. The number of rotatable bonds is 6. The van der Waals surface area contributed by atoms with E-state index in [1.807, 2.05) is 0 Å². The summed E-state index contributed by atoms with van der Waals surface area (Å²) in [5.41, 5.74) is 0. The summed E-state index contributed by atoms with van der Waals surface area (Å²) in [4.78, 5) is 0. The van der Waals surface area contributed by atoms with Crippen molar-refractivity contribution in [3.63, 3.8) is 0 Å². The summed E-state index contributed by atoms with van der Waals surface area (Å²) in [6.45, 7) is 1.28. The highest BCUT2D eigenvalue weighted by molar-refractivity contribution is 6.17. The lowest BCUT2D eigenvalue weighted by Crippen LogP contribution is -3.00. The summed E-state index contributed by atoms with van der Waals surface area (Å²) in [6.07, 6.45) is 5.14. The standard InChI is InChI=1S/C9H21ClN.BrH/c1-11(2,3)9-7-5-4-6-8-10;/h4-9H2,1-3H3;1H/q+1;/p-1. The van der Waals surface area contributed by atoms with Gasteiger partial charge in [-0.05, 0) is 19.3 Å². The number of hydrogen-bond acceptors (Lipinski definition) is 0. The van der Waals surface area contributed by atoms with Crippen molar-refractivity contribution in [1.29, 1.82) is 0 Å². The molecule has 0 N–H and O–H groups in total. The molecular formula is C9H21BrClN. The van der Waals surface area contributed by atoms with E-state index in [9.17, 15) is 0 Å². The summed E-state index contributed by atoms with van der Waals surface area (Å²) in [7, 11) is 6.71. The fourth-order valence-corrected chi connectivity index (χ4v) is 1.22. The third-order valence-corrected chi connectivity index (χ3v) is 1.98. The molecule has 0 saturated carbocycles. The quantitative estimate of drug-likeness (QED) is 0.342. The molecule has 0 fully saturated rings. The highest BCUT2D eigenvalue weighted by atomic mass is 79.9. The van der Waals surface area contributed by atoms with Crippen LogP contribution in [0.15, 0.2) is 0 Å². The Labute approximate surface area is 92.4 Å². The molecule has 0 aromatic rings. The Balaban J connectivity index is 0. The van der Waals surface area contributed by atoms with Crippen LogP contribution in [0.1, 0.15) is 25.7 Å². The van der Waals surface area contributed by atoms with Gasteiger partial charge in [0, 0.05) is 5.88 Å². The second-order valence-electron chi connectivity index (χ2n) is 4.12. The first-order valence-corrected chi connectivity index (χ1v) is 4.96. The molecule has 0 aliphatic rings. The van der Waals surface area contributed by atoms with Crippen LogP contribution in [0.2, 0.25) is 0 Å². The Kier molecular flexibility index (Phi) is 10.6. The van der Waals surface area contributed by atoms with Crippen LogP contribution in [0, 0.1) is 0 Å². The predicted molar refractivity (Wildman–Crippen MR) is 52.1 cm³/mol. The molecule has 3 heteroatoms. The van der Waals surface area contributed by atoms with E-state index >= 15 is 0 Å². The molecule has 0 heterocycles. The lowest BCUT2D eigenvalue weighted by Gasteiger charge is -2.23. The van der Waals surface area contributed by atoms with Crippen molar-refractivity contribution in [2.24, 2.45) is 0 Å². The van der Waals surface area contributed by atoms with E-state index in [4.69, 9.17) is 11.6 Å². The summed E-state index contributed by atoms with van der Waals surface area (Å²) in [5, 5.41) is 0. The molecule has 12 heavy (non-hydrogen) atoms. The Morgan fingerprint density at radius 1 is 0.917 bits per heavy atom. The van der Waals surface area contributed by atoms with E-state index in [1.165, 1.54) is 32.2 Å². The SMILES string of the molecule is C[N+](C)(C)CCCCCCCl.[Br-]. The largest absolute Gasteiger partial charge is 1.00 e. The number of unbranched alkanes of at least 4 members (excludes halogenated alkanes) is 3. The number of halogens is 2. The van der Waals surface area contributed by atoms with Gasteiger partial charge in [0.05, 0.1) is 27.7 Å². The minimum atomic E-state index is 0. The second-order valence-corrected chi connectivity index (χ2v) is 4.50. The van der Waals surface area contributed by atoms with Gasteiger partial charge in [0.15, 0.2) is 0 Å². The van der Waals surface area contributed by atoms with Gasteiger partial charge in [-0.25, -0.2) is 0 Å². The van der Waals surface area contributed by atoms with Crippen molar-refractivity contribution in [3.05, 3.63) is 0 Å². The maximum Gasteiger partial charge on any atom is 0.0780 e. The average molecular weight is 259 g/mol. The van der Waals surface area contributed by atoms with E-state index < -0.39 is 0 Å². The molecule has 1 nitrogen and oxygen atoms in total. The summed E-state index contributed by atoms with van der Waals surface area (Å²) >= 11 is 5.57. The van der Waals surface area contributed by atoms with Crippen LogP contribution in [-0.4, -0.2) is 38.1 Å². The zero-order chi connectivity index (χ0) is 8.74. The molecule has 0 atom stereocenters. The van der Waals surface area contributed by atoms with E-state index in [0.717, 1.165) is 10.4 Å². The second kappa shape index (κ2) is 8.33. The predicted octanol–water partition coefficient (Wildman–Crippen LogP) is -0.504. The van der Waals surface area contributed by atoms with Crippen LogP contribution in [0.25, 0.3) is 0 Å². The van der Waals surface area contributed by atoms with Crippen LogP contribution >= 0.6 is 11.6 Å². The van der Waals surface area contributed by atoms with Gasteiger partial charge in [-0.15, -0.1) is 11.6 Å². The third-order valence-electron chi connectivity index (χ3n) is 1.71. The molecule has 76 valence electrons.